The van der Waals surface area contributed by atoms with Gasteiger partial charge in [0.25, 0.3) is 5.91 Å². The summed E-state index contributed by atoms with van der Waals surface area (Å²) in [6, 6.07) is 10.3. The molecule has 5 heteroatoms. The van der Waals surface area contributed by atoms with Crippen LogP contribution in [-0.2, 0) is 30.5 Å². The Labute approximate surface area is 177 Å². The summed E-state index contributed by atoms with van der Waals surface area (Å²) in [6.07, 6.45) is 8.53. The van der Waals surface area contributed by atoms with Crippen LogP contribution in [0.4, 0.5) is 0 Å². The molecular weight excluding hydrogens is 380 g/mol. The number of thiophene rings is 1. The monoisotopic (exact) mass is 410 g/mol. The highest BCUT2D eigenvalue weighted by molar-refractivity contribution is 7.14. The molecule has 1 N–H and O–H groups in total. The van der Waals surface area contributed by atoms with E-state index in [0.717, 1.165) is 17.7 Å². The summed E-state index contributed by atoms with van der Waals surface area (Å²) < 4.78 is 0. The van der Waals surface area contributed by atoms with Crippen LogP contribution in [0.15, 0.2) is 30.3 Å². The van der Waals surface area contributed by atoms with Gasteiger partial charge < -0.3 is 10.2 Å². The molecule has 4 rings (SSSR count). The van der Waals surface area contributed by atoms with E-state index in [1.165, 1.54) is 47.3 Å². The fourth-order valence-corrected chi connectivity index (χ4v) is 5.98. The number of hydrogen-bond donors (Lipinski definition) is 1. The number of carbonyl (C=O) groups is 2. The molecule has 1 heterocycles. The second kappa shape index (κ2) is 8.31. The molecule has 0 saturated heterocycles. The highest BCUT2D eigenvalue weighted by Gasteiger charge is 2.44. The quantitative estimate of drug-likeness (QED) is 0.828. The lowest BCUT2D eigenvalue weighted by Gasteiger charge is -2.30. The molecule has 0 bridgehead atoms. The number of fused-ring (bicyclic) bond motifs is 2. The number of nitrogens with zero attached hydrogens (tertiary/aromatic N) is 1. The topological polar surface area (TPSA) is 49.4 Å². The summed E-state index contributed by atoms with van der Waals surface area (Å²) in [5.74, 6) is 0.0519. The van der Waals surface area contributed by atoms with Gasteiger partial charge in [-0.3, -0.25) is 9.59 Å². The van der Waals surface area contributed by atoms with E-state index in [9.17, 15) is 9.59 Å². The molecule has 2 aliphatic carbocycles. The standard InChI is InChI=1S/C24H30N2O2S/c1-26(2)23(28)24(14-18-10-7-8-11-19(18)15-24)16-25-22(27)21-13-17-9-5-3-4-6-12-20(17)29-21/h7-8,10-11,13H,3-6,9,12,14-16H2,1-2H3,(H,25,27). The molecule has 1 aromatic heterocycles. The van der Waals surface area contributed by atoms with Gasteiger partial charge in [0.05, 0.1) is 10.3 Å². The van der Waals surface area contributed by atoms with Crippen molar-refractivity contribution < 1.29 is 9.59 Å². The van der Waals surface area contributed by atoms with Crippen molar-refractivity contribution in [2.24, 2.45) is 5.41 Å². The summed E-state index contributed by atoms with van der Waals surface area (Å²) in [4.78, 5) is 29.9. The van der Waals surface area contributed by atoms with Gasteiger partial charge in [-0.05, 0) is 61.3 Å². The molecule has 0 fully saturated rings. The van der Waals surface area contributed by atoms with E-state index in [1.54, 1.807) is 30.3 Å². The van der Waals surface area contributed by atoms with Crippen LogP contribution in [0.5, 0.6) is 0 Å². The Kier molecular flexibility index (Phi) is 5.77. The van der Waals surface area contributed by atoms with E-state index in [-0.39, 0.29) is 11.8 Å². The summed E-state index contributed by atoms with van der Waals surface area (Å²) in [5, 5.41) is 3.12. The number of rotatable bonds is 4. The van der Waals surface area contributed by atoms with Crippen molar-refractivity contribution in [1.29, 1.82) is 0 Å². The normalized spacial score (nSPS) is 17.6. The highest BCUT2D eigenvalue weighted by Crippen LogP contribution is 2.38. The molecule has 2 amide bonds. The Morgan fingerprint density at radius 1 is 1.00 bits per heavy atom. The van der Waals surface area contributed by atoms with Crippen LogP contribution in [0.2, 0.25) is 0 Å². The maximum Gasteiger partial charge on any atom is 0.261 e. The van der Waals surface area contributed by atoms with Gasteiger partial charge in [0, 0.05) is 25.5 Å². The molecule has 0 unspecified atom stereocenters. The minimum Gasteiger partial charge on any atom is -0.350 e. The van der Waals surface area contributed by atoms with E-state index in [1.807, 2.05) is 12.1 Å². The SMILES string of the molecule is CN(C)C(=O)C1(CNC(=O)c2cc3c(s2)CCCCCC3)Cc2ccccc2C1. The first-order valence-electron chi connectivity index (χ1n) is 10.7. The van der Waals surface area contributed by atoms with Crippen LogP contribution in [0.25, 0.3) is 0 Å². The van der Waals surface area contributed by atoms with Crippen molar-refractivity contribution in [3.8, 4) is 0 Å². The van der Waals surface area contributed by atoms with Gasteiger partial charge in [0.1, 0.15) is 0 Å². The average Bonchev–Trinajstić information content (AvgIpc) is 3.27. The molecule has 0 radical (unpaired) electrons. The van der Waals surface area contributed by atoms with Crippen LogP contribution < -0.4 is 5.32 Å². The molecule has 2 aromatic rings. The molecule has 2 aliphatic rings. The van der Waals surface area contributed by atoms with Gasteiger partial charge in [0.2, 0.25) is 5.91 Å². The first-order valence-corrected chi connectivity index (χ1v) is 11.5. The third-order valence-electron chi connectivity index (χ3n) is 6.34. The fourth-order valence-electron chi connectivity index (χ4n) is 4.81. The van der Waals surface area contributed by atoms with Crippen LogP contribution in [-0.4, -0.2) is 37.4 Å². The zero-order valence-electron chi connectivity index (χ0n) is 17.4. The molecular formula is C24H30N2O2S. The Morgan fingerprint density at radius 2 is 1.66 bits per heavy atom. The molecule has 0 spiro atoms. The third-order valence-corrected chi connectivity index (χ3v) is 7.58. The third kappa shape index (κ3) is 4.11. The molecule has 4 nitrogen and oxygen atoms in total. The second-order valence-electron chi connectivity index (χ2n) is 8.76. The molecule has 154 valence electrons. The lowest BCUT2D eigenvalue weighted by Crippen LogP contribution is -2.48. The van der Waals surface area contributed by atoms with Crippen molar-refractivity contribution >= 4 is 23.2 Å². The zero-order valence-corrected chi connectivity index (χ0v) is 18.2. The fraction of sp³-hybridized carbons (Fsp3) is 0.500. The number of benzene rings is 1. The van der Waals surface area contributed by atoms with Crippen molar-refractivity contribution in [3.63, 3.8) is 0 Å². The summed E-state index contributed by atoms with van der Waals surface area (Å²) in [7, 11) is 3.60. The maximum absolute atomic E-state index is 13.1. The average molecular weight is 411 g/mol. The lowest BCUT2D eigenvalue weighted by atomic mass is 9.83. The maximum atomic E-state index is 13.1. The van der Waals surface area contributed by atoms with Gasteiger partial charge in [-0.2, -0.15) is 0 Å². The first kappa shape index (κ1) is 20.1. The predicted molar refractivity (Wildman–Crippen MR) is 118 cm³/mol. The van der Waals surface area contributed by atoms with E-state index >= 15 is 0 Å². The number of nitrogens with one attached hydrogen (secondary N) is 1. The summed E-state index contributed by atoms with van der Waals surface area (Å²) in [5.41, 5.74) is 3.20. The van der Waals surface area contributed by atoms with Gasteiger partial charge in [-0.1, -0.05) is 37.1 Å². The molecule has 0 aliphatic heterocycles. The first-order chi connectivity index (χ1) is 14.0. The van der Waals surface area contributed by atoms with Gasteiger partial charge in [-0.25, -0.2) is 0 Å². The van der Waals surface area contributed by atoms with E-state index in [0.29, 0.717) is 19.4 Å². The molecule has 29 heavy (non-hydrogen) atoms. The Balaban J connectivity index is 1.50. The van der Waals surface area contributed by atoms with E-state index < -0.39 is 5.41 Å². The van der Waals surface area contributed by atoms with E-state index in [4.69, 9.17) is 0 Å². The Morgan fingerprint density at radius 3 is 2.31 bits per heavy atom. The molecule has 1 aromatic carbocycles. The summed E-state index contributed by atoms with van der Waals surface area (Å²) in [6.45, 7) is 0.375. The summed E-state index contributed by atoms with van der Waals surface area (Å²) >= 11 is 1.64. The highest BCUT2D eigenvalue weighted by atomic mass is 32.1. The molecule has 0 atom stereocenters. The van der Waals surface area contributed by atoms with Crippen molar-refractivity contribution in [3.05, 3.63) is 56.8 Å². The Bertz CT molecular complexity index is 865. The smallest absolute Gasteiger partial charge is 0.261 e. The van der Waals surface area contributed by atoms with Crippen LogP contribution >= 0.6 is 11.3 Å². The van der Waals surface area contributed by atoms with Gasteiger partial charge in [-0.15, -0.1) is 11.3 Å². The van der Waals surface area contributed by atoms with Gasteiger partial charge >= 0.3 is 0 Å². The molecule has 0 saturated carbocycles. The lowest BCUT2D eigenvalue weighted by molar-refractivity contribution is -0.138. The zero-order chi connectivity index (χ0) is 20.4. The largest absolute Gasteiger partial charge is 0.350 e. The van der Waals surface area contributed by atoms with Crippen molar-refractivity contribution in [2.45, 2.75) is 51.4 Å². The minimum absolute atomic E-state index is 0.0383. The number of hydrogen-bond acceptors (Lipinski definition) is 3. The number of aryl methyl sites for hydroxylation is 2. The van der Waals surface area contributed by atoms with Crippen LogP contribution in [0, 0.1) is 5.41 Å². The minimum atomic E-state index is -0.589. The van der Waals surface area contributed by atoms with E-state index in [2.05, 4.69) is 23.5 Å². The number of amides is 2. The second-order valence-corrected chi connectivity index (χ2v) is 9.89. The van der Waals surface area contributed by atoms with Crippen LogP contribution in [0.3, 0.4) is 0 Å². The number of carbonyl (C=O) groups excluding carboxylic acids is 2. The van der Waals surface area contributed by atoms with Crippen LogP contribution in [0.1, 0.15) is 56.9 Å². The van der Waals surface area contributed by atoms with Crippen molar-refractivity contribution in [2.75, 3.05) is 20.6 Å². The van der Waals surface area contributed by atoms with Crippen molar-refractivity contribution in [1.82, 2.24) is 10.2 Å². The predicted octanol–water partition coefficient (Wildman–Crippen LogP) is 4.01. The Hall–Kier alpha value is -2.14. The van der Waals surface area contributed by atoms with Gasteiger partial charge in [0.15, 0.2) is 0 Å².